The van der Waals surface area contributed by atoms with Crippen molar-refractivity contribution in [2.75, 3.05) is 0 Å². The molecule has 0 saturated carbocycles. The monoisotopic (exact) mass is 386 g/mol. The molecule has 0 aromatic heterocycles. The number of aryl methyl sites for hydroxylation is 1. The molecular weight excluding hydrogens is 367 g/mol. The van der Waals surface area contributed by atoms with Crippen LogP contribution in [0.4, 0.5) is 4.39 Å². The van der Waals surface area contributed by atoms with Crippen LogP contribution in [0.3, 0.4) is 0 Å². The van der Waals surface area contributed by atoms with Gasteiger partial charge in [-0.2, -0.15) is 0 Å². The van der Waals surface area contributed by atoms with E-state index >= 15 is 0 Å². The van der Waals surface area contributed by atoms with Crippen molar-refractivity contribution < 1.29 is 19.0 Å². The second-order valence-corrected chi connectivity index (χ2v) is 7.73. The summed E-state index contributed by atoms with van der Waals surface area (Å²) >= 11 is 5.79. The molecule has 2 aromatic carbocycles. The average molecular weight is 387 g/mol. The van der Waals surface area contributed by atoms with Gasteiger partial charge in [-0.25, -0.2) is 4.39 Å². The first-order chi connectivity index (χ1) is 12.8. The van der Waals surface area contributed by atoms with Crippen molar-refractivity contribution in [3.63, 3.8) is 0 Å². The SMILES string of the molecule is CCc1ccc(-c2ccc(Cl)c(F)c2)cc1C1=C(O)[C@@]2(C)CC[C@H](O2)C1=O. The van der Waals surface area contributed by atoms with E-state index in [2.05, 4.69) is 0 Å². The number of hydrogen-bond donors (Lipinski definition) is 1. The van der Waals surface area contributed by atoms with Gasteiger partial charge in [0, 0.05) is 0 Å². The second-order valence-electron chi connectivity index (χ2n) is 7.32. The van der Waals surface area contributed by atoms with E-state index in [1.54, 1.807) is 6.07 Å². The minimum absolute atomic E-state index is 0.00427. The zero-order valence-corrected chi connectivity index (χ0v) is 15.9. The number of carbonyl (C=O) groups excluding carboxylic acids is 1. The Balaban J connectivity index is 1.89. The average Bonchev–Trinajstić information content (AvgIpc) is 3.03. The highest BCUT2D eigenvalue weighted by Gasteiger charge is 2.50. The molecule has 1 saturated heterocycles. The molecule has 2 aromatic rings. The zero-order chi connectivity index (χ0) is 19.3. The van der Waals surface area contributed by atoms with Crippen molar-refractivity contribution in [1.29, 1.82) is 0 Å². The third kappa shape index (κ3) is 2.88. The highest BCUT2D eigenvalue weighted by atomic mass is 35.5. The second kappa shape index (κ2) is 6.47. The molecule has 5 heteroatoms. The molecule has 1 N–H and O–H groups in total. The third-order valence-electron chi connectivity index (χ3n) is 5.58. The van der Waals surface area contributed by atoms with Gasteiger partial charge in [-0.1, -0.05) is 36.7 Å². The van der Waals surface area contributed by atoms with Crippen molar-refractivity contribution in [2.45, 2.75) is 44.8 Å². The Labute approximate surface area is 162 Å². The molecule has 2 aliphatic heterocycles. The molecule has 27 heavy (non-hydrogen) atoms. The van der Waals surface area contributed by atoms with Gasteiger partial charge in [-0.15, -0.1) is 0 Å². The maximum Gasteiger partial charge on any atom is 0.195 e. The lowest BCUT2D eigenvalue weighted by atomic mass is 9.86. The topological polar surface area (TPSA) is 46.5 Å². The van der Waals surface area contributed by atoms with Crippen LogP contribution in [-0.4, -0.2) is 22.6 Å². The summed E-state index contributed by atoms with van der Waals surface area (Å²) in [7, 11) is 0. The molecule has 0 spiro atoms. The Bertz CT molecular complexity index is 982. The van der Waals surface area contributed by atoms with Crippen LogP contribution in [0.1, 0.15) is 37.8 Å². The predicted molar refractivity (Wildman–Crippen MR) is 103 cm³/mol. The number of Topliss-reactive ketones (excluding diaryl/α,β-unsaturated/α-hetero) is 1. The van der Waals surface area contributed by atoms with Crippen LogP contribution in [-0.2, 0) is 16.0 Å². The minimum Gasteiger partial charge on any atom is -0.508 e. The quantitative estimate of drug-likeness (QED) is 0.757. The normalized spacial score (nSPS) is 24.6. The van der Waals surface area contributed by atoms with Gasteiger partial charge < -0.3 is 9.84 Å². The Kier molecular flexibility index (Phi) is 4.36. The van der Waals surface area contributed by atoms with Crippen LogP contribution in [0.5, 0.6) is 0 Å². The molecular formula is C22H20ClFO3. The number of fused-ring (bicyclic) bond motifs is 2. The number of rotatable bonds is 3. The number of aliphatic hydroxyl groups excluding tert-OH is 1. The van der Waals surface area contributed by atoms with Crippen LogP contribution in [0, 0.1) is 5.82 Å². The van der Waals surface area contributed by atoms with E-state index in [4.69, 9.17) is 16.3 Å². The molecule has 4 rings (SSSR count). The molecule has 0 radical (unpaired) electrons. The summed E-state index contributed by atoms with van der Waals surface area (Å²) in [6, 6.07) is 10.3. The van der Waals surface area contributed by atoms with Crippen LogP contribution in [0.25, 0.3) is 16.7 Å². The minimum atomic E-state index is -0.818. The fourth-order valence-electron chi connectivity index (χ4n) is 3.97. The van der Waals surface area contributed by atoms with Gasteiger partial charge in [0.15, 0.2) is 5.78 Å². The largest absolute Gasteiger partial charge is 0.508 e. The zero-order valence-electron chi connectivity index (χ0n) is 15.2. The molecule has 0 unspecified atom stereocenters. The van der Waals surface area contributed by atoms with Crippen LogP contribution in [0.2, 0.25) is 5.02 Å². The van der Waals surface area contributed by atoms with E-state index in [1.807, 2.05) is 32.0 Å². The highest BCUT2D eigenvalue weighted by molar-refractivity contribution is 6.30. The van der Waals surface area contributed by atoms with Gasteiger partial charge in [-0.3, -0.25) is 4.79 Å². The molecule has 2 heterocycles. The Morgan fingerprint density at radius 1 is 1.26 bits per heavy atom. The van der Waals surface area contributed by atoms with E-state index in [9.17, 15) is 14.3 Å². The van der Waals surface area contributed by atoms with Crippen LogP contribution >= 0.6 is 11.6 Å². The molecule has 1 fully saturated rings. The van der Waals surface area contributed by atoms with E-state index in [0.717, 1.165) is 11.1 Å². The smallest absolute Gasteiger partial charge is 0.195 e. The number of carbonyl (C=O) groups is 1. The van der Waals surface area contributed by atoms with Gasteiger partial charge in [0.2, 0.25) is 0 Å². The van der Waals surface area contributed by atoms with Crippen molar-refractivity contribution >= 4 is 23.0 Å². The van der Waals surface area contributed by atoms with Crippen molar-refractivity contribution in [3.8, 4) is 11.1 Å². The molecule has 3 nitrogen and oxygen atoms in total. The summed E-state index contributed by atoms with van der Waals surface area (Å²) in [6.45, 7) is 3.82. The van der Waals surface area contributed by atoms with E-state index in [-0.39, 0.29) is 16.6 Å². The molecule has 2 bridgehead atoms. The summed E-state index contributed by atoms with van der Waals surface area (Å²) in [4.78, 5) is 12.9. The van der Waals surface area contributed by atoms with Crippen molar-refractivity contribution in [1.82, 2.24) is 0 Å². The summed E-state index contributed by atoms with van der Waals surface area (Å²) in [6.07, 6.45) is 1.41. The van der Waals surface area contributed by atoms with Crippen molar-refractivity contribution in [2.24, 2.45) is 0 Å². The first-order valence-corrected chi connectivity index (χ1v) is 9.46. The first-order valence-electron chi connectivity index (χ1n) is 9.08. The highest BCUT2D eigenvalue weighted by Crippen LogP contribution is 2.45. The van der Waals surface area contributed by atoms with Gasteiger partial charge in [-0.05, 0) is 66.6 Å². The molecule has 0 aliphatic carbocycles. The maximum atomic E-state index is 13.9. The standard InChI is InChI=1S/C22H20ClFO3/c1-3-12-4-5-13(14-6-7-16(23)17(24)11-14)10-15(12)19-20(25)18-8-9-22(2,27-18)21(19)26/h4-7,10-11,18,26H,3,8-9H2,1-2H3/t18-,22+/m0/s1. The molecule has 140 valence electrons. The lowest BCUT2D eigenvalue weighted by Gasteiger charge is -2.31. The number of hydrogen-bond acceptors (Lipinski definition) is 3. The van der Waals surface area contributed by atoms with E-state index < -0.39 is 17.5 Å². The summed E-state index contributed by atoms with van der Waals surface area (Å²) in [5.74, 6) is -0.683. The number of halogens is 2. The lowest BCUT2D eigenvalue weighted by molar-refractivity contribution is -0.130. The van der Waals surface area contributed by atoms with Gasteiger partial charge in [0.1, 0.15) is 23.3 Å². The fraction of sp³-hybridized carbons (Fsp3) is 0.318. The Hall–Kier alpha value is -2.17. The third-order valence-corrected chi connectivity index (χ3v) is 5.88. The van der Waals surface area contributed by atoms with Crippen LogP contribution in [0.15, 0.2) is 42.2 Å². The number of benzene rings is 2. The maximum absolute atomic E-state index is 13.9. The summed E-state index contributed by atoms with van der Waals surface area (Å²) in [5.41, 5.74) is 2.58. The summed E-state index contributed by atoms with van der Waals surface area (Å²) in [5, 5.41) is 10.9. The van der Waals surface area contributed by atoms with Gasteiger partial charge in [0.05, 0.1) is 10.6 Å². The Morgan fingerprint density at radius 3 is 2.67 bits per heavy atom. The Morgan fingerprint density at radius 2 is 1.96 bits per heavy atom. The number of ether oxygens (including phenoxy) is 1. The number of ketones is 1. The molecule has 2 atom stereocenters. The van der Waals surface area contributed by atoms with Gasteiger partial charge in [0.25, 0.3) is 0 Å². The molecule has 0 amide bonds. The predicted octanol–water partition coefficient (Wildman–Crippen LogP) is 5.50. The lowest BCUT2D eigenvalue weighted by Crippen LogP contribution is -2.37. The number of aliphatic hydroxyl groups is 1. The van der Waals surface area contributed by atoms with Crippen LogP contribution < -0.4 is 0 Å². The van der Waals surface area contributed by atoms with Crippen molar-refractivity contribution in [3.05, 3.63) is 64.1 Å². The van der Waals surface area contributed by atoms with E-state index in [0.29, 0.717) is 36.0 Å². The first kappa shape index (κ1) is 18.2. The summed E-state index contributed by atoms with van der Waals surface area (Å²) < 4.78 is 19.7. The fourth-order valence-corrected chi connectivity index (χ4v) is 4.09. The van der Waals surface area contributed by atoms with E-state index in [1.165, 1.54) is 12.1 Å². The molecule has 2 aliphatic rings. The van der Waals surface area contributed by atoms with Gasteiger partial charge >= 0.3 is 0 Å².